The van der Waals surface area contributed by atoms with Gasteiger partial charge in [0.2, 0.25) is 0 Å². The molecular weight excluding hydrogens is 272 g/mol. The molecule has 1 aliphatic rings. The van der Waals surface area contributed by atoms with E-state index in [0.717, 1.165) is 28.0 Å². The molecule has 2 nitrogen and oxygen atoms in total. The van der Waals surface area contributed by atoms with Crippen LogP contribution >= 0.6 is 0 Å². The second-order valence-electron chi connectivity index (χ2n) is 5.70. The molecule has 0 aliphatic carbocycles. The Morgan fingerprint density at radius 1 is 0.864 bits per heavy atom. The minimum Gasteiger partial charge on any atom is -0.425 e. The molecule has 2 aromatic carbocycles. The summed E-state index contributed by atoms with van der Waals surface area (Å²) in [7, 11) is 0. The summed E-state index contributed by atoms with van der Waals surface area (Å²) in [5, 5.41) is 0. The van der Waals surface area contributed by atoms with E-state index in [2.05, 4.69) is 38.1 Å². The van der Waals surface area contributed by atoms with Crippen LogP contribution in [-0.4, -0.2) is 5.97 Å². The molecule has 0 N–H and O–H groups in total. The smallest absolute Gasteiger partial charge is 0.323 e. The summed E-state index contributed by atoms with van der Waals surface area (Å²) >= 11 is 0. The number of ether oxygens (including phenoxy) is 1. The first-order valence-corrected chi connectivity index (χ1v) is 7.87. The quantitative estimate of drug-likeness (QED) is 0.547. The van der Waals surface area contributed by atoms with Gasteiger partial charge in [-0.05, 0) is 49.9 Å². The molecule has 116 valence electrons. The fourth-order valence-electron chi connectivity index (χ4n) is 2.89. The summed E-state index contributed by atoms with van der Waals surface area (Å²) in [5.41, 5.74) is 6.64. The van der Waals surface area contributed by atoms with Crippen molar-refractivity contribution in [1.82, 2.24) is 0 Å². The average molecular weight is 296 g/mol. The lowest BCUT2D eigenvalue weighted by Gasteiger charge is -2.11. The van der Waals surface area contributed by atoms with Crippen molar-refractivity contribution in [3.05, 3.63) is 63.7 Å². The Kier molecular flexibility index (Phi) is 4.70. The molecule has 1 heterocycles. The highest BCUT2D eigenvalue weighted by atomic mass is 16.5. The van der Waals surface area contributed by atoms with E-state index in [1.165, 1.54) is 11.1 Å². The topological polar surface area (TPSA) is 26.3 Å². The lowest BCUT2D eigenvalue weighted by Crippen LogP contribution is -2.11. The van der Waals surface area contributed by atoms with Crippen molar-refractivity contribution >= 4 is 5.97 Å². The minimum absolute atomic E-state index is 0.169. The van der Waals surface area contributed by atoms with E-state index in [1.54, 1.807) is 0 Å². The van der Waals surface area contributed by atoms with Gasteiger partial charge >= 0.3 is 5.97 Å². The molecule has 0 amide bonds. The number of benzene rings is 2. The maximum Gasteiger partial charge on any atom is 0.323 e. The Bertz CT molecular complexity index is 714. The third kappa shape index (κ3) is 2.78. The minimum atomic E-state index is -0.289. The summed E-state index contributed by atoms with van der Waals surface area (Å²) in [6.07, 6.45) is 0. The summed E-state index contributed by atoms with van der Waals surface area (Å²) in [5.74, 6) is 0.281. The first-order chi connectivity index (χ1) is 10.5. The normalized spacial score (nSPS) is 15.7. The standard InChI is InChI=1S/C18H18O2.C2H6/c1-10-7-13(4)17-15(8-10)16(18(19)20-17)14-6-5-11(2)12(3)9-14;1-2/h5-9,16H,1-4H3;1-2H3/t16-;/m0./s1. The van der Waals surface area contributed by atoms with E-state index < -0.39 is 0 Å². The maximum absolute atomic E-state index is 12.3. The number of aryl methyl sites for hydroxylation is 4. The molecule has 0 fully saturated rings. The molecule has 0 aromatic heterocycles. The van der Waals surface area contributed by atoms with Gasteiger partial charge in [0.05, 0.1) is 0 Å². The third-order valence-corrected chi connectivity index (χ3v) is 4.06. The molecule has 0 saturated heterocycles. The predicted molar refractivity (Wildman–Crippen MR) is 90.7 cm³/mol. The Labute approximate surface area is 133 Å². The van der Waals surface area contributed by atoms with Crippen LogP contribution in [0.2, 0.25) is 0 Å². The van der Waals surface area contributed by atoms with Crippen LogP contribution in [0.4, 0.5) is 0 Å². The fraction of sp³-hybridized carbons (Fsp3) is 0.350. The molecule has 1 aliphatic heterocycles. The average Bonchev–Trinajstić information content (AvgIpc) is 2.81. The van der Waals surface area contributed by atoms with Crippen LogP contribution in [0.5, 0.6) is 5.75 Å². The molecule has 0 spiro atoms. The fourth-order valence-corrected chi connectivity index (χ4v) is 2.89. The van der Waals surface area contributed by atoms with Crippen LogP contribution in [0.3, 0.4) is 0 Å². The van der Waals surface area contributed by atoms with Crippen molar-refractivity contribution in [2.24, 2.45) is 0 Å². The van der Waals surface area contributed by atoms with Crippen LogP contribution in [-0.2, 0) is 4.79 Å². The SMILES string of the molecule is CC.Cc1cc(C)c2c(c1)[C@H](c1ccc(C)c(C)c1)C(=O)O2. The number of carbonyl (C=O) groups is 1. The van der Waals surface area contributed by atoms with Gasteiger partial charge in [0.15, 0.2) is 0 Å². The maximum atomic E-state index is 12.3. The van der Waals surface area contributed by atoms with Gasteiger partial charge in [-0.25, -0.2) is 0 Å². The van der Waals surface area contributed by atoms with Crippen LogP contribution in [0, 0.1) is 27.7 Å². The molecule has 1 atom stereocenters. The number of hydrogen-bond donors (Lipinski definition) is 0. The first kappa shape index (κ1) is 16.3. The van der Waals surface area contributed by atoms with E-state index in [1.807, 2.05) is 33.8 Å². The highest BCUT2D eigenvalue weighted by Gasteiger charge is 2.35. The zero-order valence-corrected chi connectivity index (χ0v) is 14.3. The van der Waals surface area contributed by atoms with Gasteiger partial charge in [-0.3, -0.25) is 4.79 Å². The highest BCUT2D eigenvalue weighted by Crippen LogP contribution is 2.42. The number of rotatable bonds is 1. The van der Waals surface area contributed by atoms with Gasteiger partial charge in [0, 0.05) is 5.56 Å². The van der Waals surface area contributed by atoms with E-state index >= 15 is 0 Å². The molecule has 0 radical (unpaired) electrons. The third-order valence-electron chi connectivity index (χ3n) is 4.06. The molecule has 22 heavy (non-hydrogen) atoms. The summed E-state index contributed by atoms with van der Waals surface area (Å²) in [4.78, 5) is 12.3. The Morgan fingerprint density at radius 3 is 2.18 bits per heavy atom. The Morgan fingerprint density at radius 2 is 1.55 bits per heavy atom. The van der Waals surface area contributed by atoms with Crippen LogP contribution < -0.4 is 4.74 Å². The van der Waals surface area contributed by atoms with Crippen molar-refractivity contribution in [3.63, 3.8) is 0 Å². The highest BCUT2D eigenvalue weighted by molar-refractivity contribution is 5.90. The zero-order chi connectivity index (χ0) is 16.4. The zero-order valence-electron chi connectivity index (χ0n) is 14.3. The second kappa shape index (κ2) is 6.35. The molecule has 3 rings (SSSR count). The van der Waals surface area contributed by atoms with Gasteiger partial charge in [-0.2, -0.15) is 0 Å². The van der Waals surface area contributed by atoms with E-state index in [4.69, 9.17) is 4.74 Å². The first-order valence-electron chi connectivity index (χ1n) is 7.87. The van der Waals surface area contributed by atoms with E-state index in [9.17, 15) is 4.79 Å². The van der Waals surface area contributed by atoms with Crippen molar-refractivity contribution < 1.29 is 9.53 Å². The lowest BCUT2D eigenvalue weighted by molar-refractivity contribution is -0.133. The largest absolute Gasteiger partial charge is 0.425 e. The van der Waals surface area contributed by atoms with Gasteiger partial charge < -0.3 is 4.74 Å². The van der Waals surface area contributed by atoms with Crippen molar-refractivity contribution in [2.45, 2.75) is 47.5 Å². The Balaban J connectivity index is 0.000000847. The van der Waals surface area contributed by atoms with Gasteiger partial charge in [0.1, 0.15) is 11.7 Å². The molecule has 2 heteroatoms. The van der Waals surface area contributed by atoms with E-state index in [-0.39, 0.29) is 11.9 Å². The van der Waals surface area contributed by atoms with Gasteiger partial charge in [0.25, 0.3) is 0 Å². The summed E-state index contributed by atoms with van der Waals surface area (Å²) in [6.45, 7) is 12.2. The number of hydrogen-bond acceptors (Lipinski definition) is 2. The molecule has 0 saturated carbocycles. The molecule has 2 aromatic rings. The number of fused-ring (bicyclic) bond motifs is 1. The lowest BCUT2D eigenvalue weighted by atomic mass is 9.89. The van der Waals surface area contributed by atoms with Crippen molar-refractivity contribution in [2.75, 3.05) is 0 Å². The number of esters is 1. The molecule has 0 bridgehead atoms. The summed E-state index contributed by atoms with van der Waals surface area (Å²) in [6, 6.07) is 10.3. The second-order valence-corrected chi connectivity index (χ2v) is 5.70. The van der Waals surface area contributed by atoms with Crippen LogP contribution in [0.1, 0.15) is 53.1 Å². The van der Waals surface area contributed by atoms with E-state index in [0.29, 0.717) is 0 Å². The van der Waals surface area contributed by atoms with Gasteiger partial charge in [-0.1, -0.05) is 49.7 Å². The van der Waals surface area contributed by atoms with Crippen LogP contribution in [0.15, 0.2) is 30.3 Å². The summed E-state index contributed by atoms with van der Waals surface area (Å²) < 4.78 is 5.49. The predicted octanol–water partition coefficient (Wildman–Crippen LogP) is 5.00. The van der Waals surface area contributed by atoms with Gasteiger partial charge in [-0.15, -0.1) is 0 Å². The molecule has 0 unspecified atom stereocenters. The van der Waals surface area contributed by atoms with Crippen LogP contribution in [0.25, 0.3) is 0 Å². The number of carbonyl (C=O) groups excluding carboxylic acids is 1. The monoisotopic (exact) mass is 296 g/mol. The Hall–Kier alpha value is -2.09. The van der Waals surface area contributed by atoms with Crippen molar-refractivity contribution in [3.8, 4) is 5.75 Å². The molecular formula is C20H24O2. The van der Waals surface area contributed by atoms with Crippen molar-refractivity contribution in [1.29, 1.82) is 0 Å².